The van der Waals surface area contributed by atoms with E-state index in [1.807, 2.05) is 35.0 Å². The summed E-state index contributed by atoms with van der Waals surface area (Å²) in [5.41, 5.74) is 4.89. The van der Waals surface area contributed by atoms with E-state index < -0.39 is 0 Å². The Bertz CT molecular complexity index is 1390. The van der Waals surface area contributed by atoms with Gasteiger partial charge in [0.25, 0.3) is 0 Å². The van der Waals surface area contributed by atoms with Crippen molar-refractivity contribution in [3.8, 4) is 5.69 Å². The van der Waals surface area contributed by atoms with Gasteiger partial charge in [-0.2, -0.15) is 5.10 Å². The number of hydrogen-bond donors (Lipinski definition) is 1. The zero-order chi connectivity index (χ0) is 21.4. The van der Waals surface area contributed by atoms with Crippen LogP contribution in [0, 0.1) is 13.8 Å². The molecule has 1 amide bonds. The van der Waals surface area contributed by atoms with E-state index in [-0.39, 0.29) is 11.7 Å². The molecule has 0 radical (unpaired) electrons. The van der Waals surface area contributed by atoms with Crippen LogP contribution in [0.2, 0.25) is 0 Å². The summed E-state index contributed by atoms with van der Waals surface area (Å²) >= 11 is 2.82. The molecule has 1 N–H and O–H groups in total. The predicted molar refractivity (Wildman–Crippen MR) is 125 cm³/mol. The number of nitrogens with zero attached hydrogens (tertiary/aromatic N) is 5. The number of para-hydroxylation sites is 1. The Morgan fingerprint density at radius 1 is 1.16 bits per heavy atom. The molecule has 0 unspecified atom stereocenters. The topological polar surface area (TPSA) is 85.6 Å². The van der Waals surface area contributed by atoms with E-state index in [0.29, 0.717) is 5.13 Å². The van der Waals surface area contributed by atoms with Crippen LogP contribution in [0.15, 0.2) is 60.0 Å². The van der Waals surface area contributed by atoms with Gasteiger partial charge in [0.2, 0.25) is 5.91 Å². The maximum Gasteiger partial charge on any atom is 0.236 e. The first-order valence-corrected chi connectivity index (χ1v) is 11.4. The van der Waals surface area contributed by atoms with Crippen LogP contribution in [0.3, 0.4) is 0 Å². The Hall–Kier alpha value is -3.30. The largest absolute Gasteiger partial charge is 0.301 e. The first-order chi connectivity index (χ1) is 15.1. The zero-order valence-corrected chi connectivity index (χ0v) is 18.5. The van der Waals surface area contributed by atoms with Gasteiger partial charge in [-0.1, -0.05) is 52.9 Å². The SMILES string of the molecule is Cc1ccc(-n2ncc3c(SCC(=O)Nc4nc5ccccc5s4)ncnc32)c(C)c1. The fourth-order valence-corrected chi connectivity index (χ4v) is 5.02. The number of rotatable bonds is 5. The van der Waals surface area contributed by atoms with Crippen molar-refractivity contribution in [2.24, 2.45) is 0 Å². The smallest absolute Gasteiger partial charge is 0.236 e. The average molecular weight is 447 g/mol. The number of carbonyl (C=O) groups is 1. The Kier molecular flexibility index (Phi) is 5.13. The van der Waals surface area contributed by atoms with Crippen molar-refractivity contribution in [2.75, 3.05) is 11.1 Å². The lowest BCUT2D eigenvalue weighted by molar-refractivity contribution is -0.113. The van der Waals surface area contributed by atoms with Crippen molar-refractivity contribution in [2.45, 2.75) is 18.9 Å². The number of nitrogens with one attached hydrogen (secondary N) is 1. The Labute approximate surface area is 186 Å². The van der Waals surface area contributed by atoms with E-state index in [0.717, 1.165) is 37.5 Å². The molecule has 0 atom stereocenters. The van der Waals surface area contributed by atoms with Crippen molar-refractivity contribution in [1.82, 2.24) is 24.7 Å². The summed E-state index contributed by atoms with van der Waals surface area (Å²) in [6, 6.07) is 14.0. The number of amides is 1. The van der Waals surface area contributed by atoms with Crippen LogP contribution in [0.5, 0.6) is 0 Å². The lowest BCUT2D eigenvalue weighted by Gasteiger charge is -2.08. The number of aryl methyl sites for hydroxylation is 2. The van der Waals surface area contributed by atoms with E-state index in [2.05, 4.69) is 51.3 Å². The number of benzene rings is 2. The molecule has 0 aliphatic rings. The molecule has 5 aromatic rings. The van der Waals surface area contributed by atoms with Gasteiger partial charge in [0.1, 0.15) is 11.4 Å². The van der Waals surface area contributed by atoms with Gasteiger partial charge in [0.15, 0.2) is 10.8 Å². The minimum atomic E-state index is -0.127. The third-order valence-electron chi connectivity index (χ3n) is 4.79. The fraction of sp³-hybridized carbons (Fsp3) is 0.136. The maximum absolute atomic E-state index is 12.5. The molecule has 0 aliphatic heterocycles. The molecule has 0 fully saturated rings. The van der Waals surface area contributed by atoms with Crippen molar-refractivity contribution >= 4 is 55.4 Å². The van der Waals surface area contributed by atoms with E-state index in [1.54, 1.807) is 6.20 Å². The lowest BCUT2D eigenvalue weighted by Crippen LogP contribution is -2.13. The standard InChI is InChI=1S/C22H18N6OS2/c1-13-7-8-17(14(2)9-13)28-20-15(10-25-28)21(24-12-23-20)30-11-19(29)27-22-26-16-5-3-4-6-18(16)31-22/h3-10,12H,11H2,1-2H3,(H,26,27,29). The van der Waals surface area contributed by atoms with Crippen LogP contribution in [0.1, 0.15) is 11.1 Å². The molecule has 0 saturated heterocycles. The van der Waals surface area contributed by atoms with Gasteiger partial charge in [-0.25, -0.2) is 19.6 Å². The Balaban J connectivity index is 1.34. The van der Waals surface area contributed by atoms with Crippen molar-refractivity contribution in [3.63, 3.8) is 0 Å². The molecule has 31 heavy (non-hydrogen) atoms. The van der Waals surface area contributed by atoms with E-state index in [1.165, 1.54) is 35.0 Å². The van der Waals surface area contributed by atoms with Crippen LogP contribution < -0.4 is 5.32 Å². The summed E-state index contributed by atoms with van der Waals surface area (Å²) in [5, 5.41) is 9.55. The third kappa shape index (κ3) is 3.89. The maximum atomic E-state index is 12.5. The number of fused-ring (bicyclic) bond motifs is 2. The van der Waals surface area contributed by atoms with E-state index >= 15 is 0 Å². The highest BCUT2D eigenvalue weighted by Gasteiger charge is 2.15. The van der Waals surface area contributed by atoms with Crippen molar-refractivity contribution < 1.29 is 4.79 Å². The molecule has 0 aliphatic carbocycles. The fourth-order valence-electron chi connectivity index (χ4n) is 3.37. The molecule has 0 spiro atoms. The van der Waals surface area contributed by atoms with Gasteiger partial charge in [-0.3, -0.25) is 4.79 Å². The van der Waals surface area contributed by atoms with Crippen molar-refractivity contribution in [1.29, 1.82) is 0 Å². The molecule has 3 heterocycles. The Morgan fingerprint density at radius 2 is 2.03 bits per heavy atom. The number of aromatic nitrogens is 5. The highest BCUT2D eigenvalue weighted by Crippen LogP contribution is 2.28. The predicted octanol–water partition coefficient (Wildman–Crippen LogP) is 4.77. The number of thioether (sulfide) groups is 1. The summed E-state index contributed by atoms with van der Waals surface area (Å²) in [6.45, 7) is 4.12. The van der Waals surface area contributed by atoms with Crippen molar-refractivity contribution in [3.05, 3.63) is 66.1 Å². The number of thiazole rings is 1. The van der Waals surface area contributed by atoms with E-state index in [9.17, 15) is 4.79 Å². The second-order valence-electron chi connectivity index (χ2n) is 7.09. The Morgan fingerprint density at radius 3 is 2.87 bits per heavy atom. The molecule has 3 aromatic heterocycles. The summed E-state index contributed by atoms with van der Waals surface area (Å²) in [6.07, 6.45) is 3.26. The quantitative estimate of drug-likeness (QED) is 0.309. The molecule has 5 rings (SSSR count). The van der Waals surface area contributed by atoms with E-state index in [4.69, 9.17) is 0 Å². The molecule has 0 bridgehead atoms. The molecule has 7 nitrogen and oxygen atoms in total. The normalized spacial score (nSPS) is 11.3. The molecule has 2 aromatic carbocycles. The van der Waals surface area contributed by atoms with Gasteiger partial charge < -0.3 is 5.32 Å². The van der Waals surface area contributed by atoms with Gasteiger partial charge in [-0.05, 0) is 37.6 Å². The molecule has 9 heteroatoms. The number of anilines is 1. The molecule has 0 saturated carbocycles. The summed E-state index contributed by atoms with van der Waals surface area (Å²) < 4.78 is 2.86. The monoisotopic (exact) mass is 446 g/mol. The van der Waals surface area contributed by atoms with Crippen LogP contribution >= 0.6 is 23.1 Å². The van der Waals surface area contributed by atoms with Crippen LogP contribution in [-0.2, 0) is 4.79 Å². The lowest BCUT2D eigenvalue weighted by atomic mass is 10.1. The average Bonchev–Trinajstić information content (AvgIpc) is 3.36. The zero-order valence-electron chi connectivity index (χ0n) is 16.9. The van der Waals surface area contributed by atoms with Crippen LogP contribution in [0.25, 0.3) is 26.9 Å². The summed E-state index contributed by atoms with van der Waals surface area (Å²) in [7, 11) is 0. The minimum Gasteiger partial charge on any atom is -0.301 e. The second kappa shape index (κ2) is 8.09. The molecule has 154 valence electrons. The highest BCUT2D eigenvalue weighted by molar-refractivity contribution is 8.00. The molecular weight excluding hydrogens is 428 g/mol. The second-order valence-corrected chi connectivity index (χ2v) is 9.08. The number of hydrogen-bond acceptors (Lipinski definition) is 7. The molecular formula is C22H18N6OS2. The van der Waals surface area contributed by atoms with Gasteiger partial charge in [0.05, 0.1) is 33.2 Å². The summed E-state index contributed by atoms with van der Waals surface area (Å²) in [4.78, 5) is 25.7. The van der Waals surface area contributed by atoms with Crippen LogP contribution in [0.4, 0.5) is 5.13 Å². The number of carbonyl (C=O) groups excluding carboxylic acids is 1. The first kappa shape index (κ1) is 19.7. The van der Waals surface area contributed by atoms with Gasteiger partial charge in [0, 0.05) is 0 Å². The minimum absolute atomic E-state index is 0.127. The highest BCUT2D eigenvalue weighted by atomic mass is 32.2. The van der Waals surface area contributed by atoms with Gasteiger partial charge in [-0.15, -0.1) is 0 Å². The third-order valence-corrected chi connectivity index (χ3v) is 6.75. The first-order valence-electron chi connectivity index (χ1n) is 9.63. The van der Waals surface area contributed by atoms with Crippen LogP contribution in [-0.4, -0.2) is 36.4 Å². The van der Waals surface area contributed by atoms with Gasteiger partial charge >= 0.3 is 0 Å². The summed E-state index contributed by atoms with van der Waals surface area (Å²) in [5.74, 6) is 0.0918.